The zero-order chi connectivity index (χ0) is 14.8. The van der Waals surface area contributed by atoms with Gasteiger partial charge in [0.25, 0.3) is 0 Å². The van der Waals surface area contributed by atoms with Crippen molar-refractivity contribution in [2.45, 2.75) is 59.5 Å². The van der Waals surface area contributed by atoms with E-state index in [4.69, 9.17) is 9.72 Å². The molecule has 20 heavy (non-hydrogen) atoms. The molecule has 1 N–H and O–H groups in total. The van der Waals surface area contributed by atoms with Crippen molar-refractivity contribution in [1.29, 1.82) is 0 Å². The minimum atomic E-state index is 0.235. The van der Waals surface area contributed by atoms with Gasteiger partial charge in [0.2, 0.25) is 0 Å². The molecule has 0 spiro atoms. The maximum atomic E-state index is 5.25. The van der Waals surface area contributed by atoms with Crippen molar-refractivity contribution in [1.82, 2.24) is 14.9 Å². The van der Waals surface area contributed by atoms with Crippen LogP contribution in [0.3, 0.4) is 0 Å². The quantitative estimate of drug-likeness (QED) is 0.870. The van der Waals surface area contributed by atoms with Crippen LogP contribution in [0.25, 0.3) is 0 Å². The Bertz CT molecular complexity index is 449. The van der Waals surface area contributed by atoms with E-state index in [2.05, 4.69) is 37.6 Å². The van der Waals surface area contributed by atoms with Gasteiger partial charge in [-0.2, -0.15) is 0 Å². The molecule has 2 heterocycles. The summed E-state index contributed by atoms with van der Waals surface area (Å²) in [6.45, 7) is 13.0. The van der Waals surface area contributed by atoms with Gasteiger partial charge in [-0.3, -0.25) is 0 Å². The number of imidazole rings is 1. The van der Waals surface area contributed by atoms with Gasteiger partial charge in [-0.25, -0.2) is 4.98 Å². The van der Waals surface area contributed by atoms with Crippen LogP contribution in [-0.4, -0.2) is 29.8 Å². The lowest BCUT2D eigenvalue weighted by molar-refractivity contribution is 0.141. The lowest BCUT2D eigenvalue weighted by Gasteiger charge is -2.28. The lowest BCUT2D eigenvalue weighted by Crippen LogP contribution is -2.28. The normalized spacial score (nSPS) is 15.7. The Morgan fingerprint density at radius 3 is 2.80 bits per heavy atom. The molecular formula is C16H29N3O. The first-order valence-electron chi connectivity index (χ1n) is 7.72. The summed E-state index contributed by atoms with van der Waals surface area (Å²) in [6.07, 6.45) is 2.17. The van der Waals surface area contributed by atoms with Crippen LogP contribution in [0.1, 0.15) is 57.2 Å². The molecule has 0 aromatic carbocycles. The van der Waals surface area contributed by atoms with Crippen LogP contribution in [0, 0.1) is 5.41 Å². The topological polar surface area (TPSA) is 39.1 Å². The van der Waals surface area contributed by atoms with Crippen molar-refractivity contribution in [3.8, 4) is 0 Å². The van der Waals surface area contributed by atoms with E-state index < -0.39 is 0 Å². The Morgan fingerprint density at radius 2 is 2.15 bits per heavy atom. The molecule has 0 radical (unpaired) electrons. The minimum Gasteiger partial charge on any atom is -0.385 e. The zero-order valence-electron chi connectivity index (χ0n) is 13.6. The minimum absolute atomic E-state index is 0.235. The van der Waals surface area contributed by atoms with Crippen molar-refractivity contribution >= 4 is 0 Å². The van der Waals surface area contributed by atoms with E-state index in [1.807, 2.05) is 0 Å². The van der Waals surface area contributed by atoms with Crippen molar-refractivity contribution in [2.75, 3.05) is 20.3 Å². The molecule has 0 bridgehead atoms. The smallest absolute Gasteiger partial charge is 0.111 e. The molecule has 4 nitrogen and oxygen atoms in total. The first kappa shape index (κ1) is 15.5. The third-order valence-corrected chi connectivity index (χ3v) is 4.10. The maximum absolute atomic E-state index is 5.25. The number of hydrogen-bond donors (Lipinski definition) is 1. The molecule has 1 aromatic rings. The Balaban J connectivity index is 2.27. The molecule has 0 saturated carbocycles. The standard InChI is InChI=1S/C16H29N3O/c1-12(2)15-18-13-10-17-8-6-14(13)19(15)11-16(3,4)7-9-20-5/h12,17H,6-11H2,1-5H3. The summed E-state index contributed by atoms with van der Waals surface area (Å²) in [6, 6.07) is 0. The third-order valence-electron chi connectivity index (χ3n) is 4.10. The van der Waals surface area contributed by atoms with E-state index in [1.165, 1.54) is 17.2 Å². The number of rotatable bonds is 6. The number of ether oxygens (including phenoxy) is 1. The van der Waals surface area contributed by atoms with Crippen molar-refractivity contribution in [3.63, 3.8) is 0 Å². The number of fused-ring (bicyclic) bond motifs is 1. The fourth-order valence-corrected chi connectivity index (χ4v) is 2.89. The average Bonchev–Trinajstić information content (AvgIpc) is 2.75. The first-order chi connectivity index (χ1) is 9.44. The highest BCUT2D eigenvalue weighted by atomic mass is 16.5. The molecule has 0 unspecified atom stereocenters. The molecule has 0 aliphatic carbocycles. The van der Waals surface area contributed by atoms with Gasteiger partial charge in [-0.05, 0) is 11.8 Å². The molecule has 0 fully saturated rings. The molecule has 1 aliphatic heterocycles. The number of methoxy groups -OCH3 is 1. The highest BCUT2D eigenvalue weighted by Gasteiger charge is 2.26. The highest BCUT2D eigenvalue weighted by molar-refractivity contribution is 5.22. The van der Waals surface area contributed by atoms with E-state index in [0.29, 0.717) is 5.92 Å². The van der Waals surface area contributed by atoms with E-state index in [-0.39, 0.29) is 5.41 Å². The second kappa shape index (κ2) is 6.27. The Morgan fingerprint density at radius 1 is 1.40 bits per heavy atom. The molecule has 0 atom stereocenters. The van der Waals surface area contributed by atoms with Crippen LogP contribution in [0.15, 0.2) is 0 Å². The predicted octanol–water partition coefficient (Wildman–Crippen LogP) is 2.71. The molecule has 1 aliphatic rings. The van der Waals surface area contributed by atoms with Crippen molar-refractivity contribution in [3.05, 3.63) is 17.2 Å². The lowest BCUT2D eigenvalue weighted by atomic mass is 9.89. The highest BCUT2D eigenvalue weighted by Crippen LogP contribution is 2.29. The van der Waals surface area contributed by atoms with Crippen LogP contribution in [-0.2, 0) is 24.2 Å². The Labute approximate surface area is 122 Å². The zero-order valence-corrected chi connectivity index (χ0v) is 13.6. The Hall–Kier alpha value is -0.870. The monoisotopic (exact) mass is 279 g/mol. The SMILES string of the molecule is COCCC(C)(C)Cn1c(C(C)C)nc2c1CCNC2. The van der Waals surface area contributed by atoms with Crippen LogP contribution in [0.2, 0.25) is 0 Å². The number of nitrogens with one attached hydrogen (secondary N) is 1. The predicted molar refractivity (Wildman–Crippen MR) is 82.0 cm³/mol. The fraction of sp³-hybridized carbons (Fsp3) is 0.812. The summed E-state index contributed by atoms with van der Waals surface area (Å²) in [5.74, 6) is 1.71. The molecule has 1 aromatic heterocycles. The summed E-state index contributed by atoms with van der Waals surface area (Å²) >= 11 is 0. The molecule has 0 saturated heterocycles. The summed E-state index contributed by atoms with van der Waals surface area (Å²) < 4.78 is 7.73. The van der Waals surface area contributed by atoms with Gasteiger partial charge in [0, 0.05) is 51.4 Å². The van der Waals surface area contributed by atoms with Gasteiger partial charge in [-0.15, -0.1) is 0 Å². The molecule has 114 valence electrons. The molecular weight excluding hydrogens is 250 g/mol. The van der Waals surface area contributed by atoms with Crippen LogP contribution in [0.4, 0.5) is 0 Å². The molecule has 4 heteroatoms. The van der Waals surface area contributed by atoms with Gasteiger partial charge < -0.3 is 14.6 Å². The van der Waals surface area contributed by atoms with E-state index in [0.717, 1.165) is 39.1 Å². The number of nitrogens with zero attached hydrogens (tertiary/aromatic N) is 2. The second-order valence-electron chi connectivity index (χ2n) is 6.94. The van der Waals surface area contributed by atoms with Gasteiger partial charge in [0.1, 0.15) is 5.82 Å². The van der Waals surface area contributed by atoms with Crippen LogP contribution >= 0.6 is 0 Å². The third kappa shape index (κ3) is 3.41. The summed E-state index contributed by atoms with van der Waals surface area (Å²) in [5, 5.41) is 3.42. The van der Waals surface area contributed by atoms with Gasteiger partial charge in [-0.1, -0.05) is 27.7 Å². The summed E-state index contributed by atoms with van der Waals surface area (Å²) in [7, 11) is 1.78. The summed E-state index contributed by atoms with van der Waals surface area (Å²) in [5.41, 5.74) is 2.93. The van der Waals surface area contributed by atoms with Crippen LogP contribution < -0.4 is 5.32 Å². The van der Waals surface area contributed by atoms with E-state index in [1.54, 1.807) is 7.11 Å². The fourth-order valence-electron chi connectivity index (χ4n) is 2.89. The summed E-state index contributed by atoms with van der Waals surface area (Å²) in [4.78, 5) is 4.88. The van der Waals surface area contributed by atoms with Crippen LogP contribution in [0.5, 0.6) is 0 Å². The number of aromatic nitrogens is 2. The van der Waals surface area contributed by atoms with Crippen molar-refractivity contribution in [2.24, 2.45) is 5.41 Å². The molecule has 2 rings (SSSR count). The number of hydrogen-bond acceptors (Lipinski definition) is 3. The van der Waals surface area contributed by atoms with Gasteiger partial charge in [0.05, 0.1) is 5.69 Å². The average molecular weight is 279 g/mol. The second-order valence-corrected chi connectivity index (χ2v) is 6.94. The van der Waals surface area contributed by atoms with E-state index >= 15 is 0 Å². The van der Waals surface area contributed by atoms with Gasteiger partial charge >= 0.3 is 0 Å². The van der Waals surface area contributed by atoms with E-state index in [9.17, 15) is 0 Å². The first-order valence-corrected chi connectivity index (χ1v) is 7.72. The largest absolute Gasteiger partial charge is 0.385 e. The Kier molecular flexibility index (Phi) is 4.86. The molecule has 0 amide bonds. The van der Waals surface area contributed by atoms with Gasteiger partial charge in [0.15, 0.2) is 0 Å². The maximum Gasteiger partial charge on any atom is 0.111 e. The van der Waals surface area contributed by atoms with Crippen molar-refractivity contribution < 1.29 is 4.74 Å².